The van der Waals surface area contributed by atoms with Gasteiger partial charge in [-0.25, -0.2) is 9.59 Å². The molecule has 0 aliphatic carbocycles. The molecule has 0 unspecified atom stereocenters. The fraction of sp³-hybridized carbons (Fsp3) is 0.286. The summed E-state index contributed by atoms with van der Waals surface area (Å²) < 4.78 is 10.1. The summed E-state index contributed by atoms with van der Waals surface area (Å²) in [5.74, 6) is -0.784. The Bertz CT molecular complexity index is 390. The fourth-order valence-electron chi connectivity index (χ4n) is 1.47. The van der Waals surface area contributed by atoms with E-state index < -0.39 is 11.9 Å². The van der Waals surface area contributed by atoms with E-state index in [4.69, 9.17) is 9.47 Å². The van der Waals surface area contributed by atoms with E-state index >= 15 is 0 Å². The SMILES string of the molecule is C=C.O=C1OCCCCOC(=O)c2cccc1c2. The number of esters is 2. The molecule has 96 valence electrons. The van der Waals surface area contributed by atoms with E-state index in [-0.39, 0.29) is 0 Å². The van der Waals surface area contributed by atoms with Crippen molar-refractivity contribution < 1.29 is 19.1 Å². The first kappa shape index (κ1) is 14.0. The number of carbonyl (C=O) groups excluding carboxylic acids is 2. The fourth-order valence-corrected chi connectivity index (χ4v) is 1.47. The summed E-state index contributed by atoms with van der Waals surface area (Å²) in [5.41, 5.74) is 0.771. The first-order valence-corrected chi connectivity index (χ1v) is 5.72. The molecule has 0 saturated heterocycles. The molecule has 2 rings (SSSR count). The van der Waals surface area contributed by atoms with Crippen LogP contribution in [0.15, 0.2) is 37.4 Å². The van der Waals surface area contributed by atoms with Gasteiger partial charge in [0, 0.05) is 0 Å². The van der Waals surface area contributed by atoms with Gasteiger partial charge in [0.25, 0.3) is 0 Å². The van der Waals surface area contributed by atoms with Crippen LogP contribution in [-0.4, -0.2) is 25.2 Å². The van der Waals surface area contributed by atoms with E-state index in [1.807, 2.05) is 0 Å². The largest absolute Gasteiger partial charge is 0.462 e. The van der Waals surface area contributed by atoms with E-state index in [2.05, 4.69) is 13.2 Å². The summed E-state index contributed by atoms with van der Waals surface area (Å²) in [6.07, 6.45) is 1.41. The summed E-state index contributed by atoms with van der Waals surface area (Å²) in [6, 6.07) is 6.38. The third-order valence-corrected chi connectivity index (χ3v) is 2.34. The molecule has 0 atom stereocenters. The van der Waals surface area contributed by atoms with Crippen LogP contribution in [0.25, 0.3) is 0 Å². The Morgan fingerprint density at radius 3 is 1.78 bits per heavy atom. The lowest BCUT2D eigenvalue weighted by atomic mass is 10.1. The molecule has 0 aromatic heterocycles. The van der Waals surface area contributed by atoms with Crippen molar-refractivity contribution in [3.63, 3.8) is 0 Å². The molecular formula is C14H16O4. The van der Waals surface area contributed by atoms with Gasteiger partial charge in [-0.2, -0.15) is 0 Å². The normalized spacial score (nSPS) is 15.3. The zero-order chi connectivity index (χ0) is 13.4. The number of hydrogen-bond donors (Lipinski definition) is 0. The standard InChI is InChI=1S/C12H12O4.C2H4/c13-11-9-4-3-5-10(8-9)12(14)16-7-2-1-6-15-11;1-2/h3-5,8H,1-2,6-7H2;1-2H2. The van der Waals surface area contributed by atoms with Crippen LogP contribution in [0.1, 0.15) is 33.6 Å². The van der Waals surface area contributed by atoms with Gasteiger partial charge in [0.2, 0.25) is 0 Å². The maximum Gasteiger partial charge on any atom is 0.338 e. The Morgan fingerprint density at radius 2 is 1.33 bits per heavy atom. The lowest BCUT2D eigenvalue weighted by Crippen LogP contribution is -2.07. The van der Waals surface area contributed by atoms with E-state index in [9.17, 15) is 9.59 Å². The molecule has 0 N–H and O–H groups in total. The van der Waals surface area contributed by atoms with Crippen LogP contribution in [0.4, 0.5) is 0 Å². The number of benzene rings is 1. The third kappa shape index (κ3) is 3.73. The summed E-state index contributed by atoms with van der Waals surface area (Å²) in [6.45, 7) is 6.72. The van der Waals surface area contributed by atoms with Crippen molar-refractivity contribution in [3.05, 3.63) is 48.6 Å². The maximum absolute atomic E-state index is 11.5. The summed E-state index contributed by atoms with van der Waals surface area (Å²) >= 11 is 0. The molecule has 18 heavy (non-hydrogen) atoms. The van der Waals surface area contributed by atoms with Crippen molar-refractivity contribution in [3.8, 4) is 0 Å². The Labute approximate surface area is 106 Å². The molecule has 1 aromatic carbocycles. The third-order valence-electron chi connectivity index (χ3n) is 2.34. The highest BCUT2D eigenvalue weighted by Crippen LogP contribution is 2.10. The van der Waals surface area contributed by atoms with Crippen LogP contribution >= 0.6 is 0 Å². The predicted octanol–water partition coefficient (Wildman–Crippen LogP) is 2.60. The van der Waals surface area contributed by atoms with Gasteiger partial charge in [0.1, 0.15) is 0 Å². The van der Waals surface area contributed by atoms with Crippen LogP contribution in [-0.2, 0) is 9.47 Å². The molecule has 1 aliphatic rings. The number of ether oxygens (including phenoxy) is 2. The average Bonchev–Trinajstić information content (AvgIpc) is 2.45. The second-order valence-corrected chi connectivity index (χ2v) is 3.56. The van der Waals surface area contributed by atoms with Gasteiger partial charge in [-0.3, -0.25) is 0 Å². The first-order valence-electron chi connectivity index (χ1n) is 5.72. The topological polar surface area (TPSA) is 52.6 Å². The molecule has 1 aromatic rings. The van der Waals surface area contributed by atoms with Crippen LogP contribution in [0.3, 0.4) is 0 Å². The number of carbonyl (C=O) groups is 2. The van der Waals surface area contributed by atoms with Gasteiger partial charge in [0.15, 0.2) is 0 Å². The number of fused-ring (bicyclic) bond motifs is 2. The van der Waals surface area contributed by atoms with E-state index in [0.717, 1.165) is 0 Å². The predicted molar refractivity (Wildman–Crippen MR) is 67.5 cm³/mol. The van der Waals surface area contributed by atoms with Crippen LogP contribution in [0, 0.1) is 0 Å². The second-order valence-electron chi connectivity index (χ2n) is 3.56. The monoisotopic (exact) mass is 248 g/mol. The summed E-state index contributed by atoms with van der Waals surface area (Å²) in [5, 5.41) is 0. The van der Waals surface area contributed by atoms with Gasteiger partial charge in [0.05, 0.1) is 24.3 Å². The molecule has 0 radical (unpaired) electrons. The highest BCUT2D eigenvalue weighted by atomic mass is 16.5. The Morgan fingerprint density at radius 1 is 0.889 bits per heavy atom. The minimum Gasteiger partial charge on any atom is -0.462 e. The molecule has 0 fully saturated rings. The second kappa shape index (κ2) is 7.27. The zero-order valence-electron chi connectivity index (χ0n) is 10.2. The van der Waals surface area contributed by atoms with Gasteiger partial charge in [-0.1, -0.05) is 6.07 Å². The molecule has 1 aliphatic heterocycles. The van der Waals surface area contributed by atoms with Crippen molar-refractivity contribution in [2.75, 3.05) is 13.2 Å². The lowest BCUT2D eigenvalue weighted by Gasteiger charge is -2.03. The van der Waals surface area contributed by atoms with Crippen LogP contribution < -0.4 is 0 Å². The molecule has 0 amide bonds. The van der Waals surface area contributed by atoms with Gasteiger partial charge < -0.3 is 9.47 Å². The van der Waals surface area contributed by atoms with Gasteiger partial charge in [-0.05, 0) is 31.0 Å². The Balaban J connectivity index is 0.000000771. The molecular weight excluding hydrogens is 232 g/mol. The quantitative estimate of drug-likeness (QED) is 0.523. The van der Waals surface area contributed by atoms with Gasteiger partial charge in [-0.15, -0.1) is 13.2 Å². The highest BCUT2D eigenvalue weighted by Gasteiger charge is 2.13. The molecule has 4 heteroatoms. The smallest absolute Gasteiger partial charge is 0.338 e. The average molecular weight is 248 g/mol. The highest BCUT2D eigenvalue weighted by molar-refractivity contribution is 5.95. The number of cyclic esters (lactones) is 2. The molecule has 4 nitrogen and oxygen atoms in total. The zero-order valence-corrected chi connectivity index (χ0v) is 10.2. The van der Waals surface area contributed by atoms with Crippen molar-refractivity contribution >= 4 is 11.9 Å². The van der Waals surface area contributed by atoms with Crippen molar-refractivity contribution in [1.29, 1.82) is 0 Å². The molecule has 0 spiro atoms. The van der Waals surface area contributed by atoms with E-state index in [1.165, 1.54) is 6.07 Å². The van der Waals surface area contributed by atoms with E-state index in [1.54, 1.807) is 18.2 Å². The molecule has 2 bridgehead atoms. The maximum atomic E-state index is 11.5. The van der Waals surface area contributed by atoms with Crippen LogP contribution in [0.2, 0.25) is 0 Å². The Hall–Kier alpha value is -2.10. The van der Waals surface area contributed by atoms with Crippen molar-refractivity contribution in [1.82, 2.24) is 0 Å². The van der Waals surface area contributed by atoms with E-state index in [0.29, 0.717) is 37.2 Å². The van der Waals surface area contributed by atoms with Crippen LogP contribution in [0.5, 0.6) is 0 Å². The Kier molecular flexibility index (Phi) is 5.64. The first-order chi connectivity index (χ1) is 8.77. The molecule has 1 heterocycles. The minimum atomic E-state index is -0.392. The van der Waals surface area contributed by atoms with Gasteiger partial charge >= 0.3 is 11.9 Å². The summed E-state index contributed by atoms with van der Waals surface area (Å²) in [4.78, 5) is 23.1. The lowest BCUT2D eigenvalue weighted by molar-refractivity contribution is 0.0443. The van der Waals surface area contributed by atoms with Crippen molar-refractivity contribution in [2.45, 2.75) is 12.8 Å². The minimum absolute atomic E-state index is 0.362. The molecule has 0 saturated carbocycles. The van der Waals surface area contributed by atoms with Crippen molar-refractivity contribution in [2.24, 2.45) is 0 Å². The number of hydrogen-bond acceptors (Lipinski definition) is 4. The number of rotatable bonds is 0. The summed E-state index contributed by atoms with van der Waals surface area (Å²) in [7, 11) is 0.